The lowest BCUT2D eigenvalue weighted by Gasteiger charge is -2.29. The monoisotopic (exact) mass is 332 g/mol. The van der Waals surface area contributed by atoms with E-state index in [-0.39, 0.29) is 25.0 Å². The molecule has 0 radical (unpaired) electrons. The number of hydrogen-bond donors (Lipinski definition) is 1. The number of halogens is 2. The van der Waals surface area contributed by atoms with Crippen molar-refractivity contribution >= 4 is 6.09 Å². The van der Waals surface area contributed by atoms with Crippen LogP contribution in [0.1, 0.15) is 59.3 Å². The molecule has 1 saturated carbocycles. The molecule has 1 amide bonds. The number of nitrogens with one attached hydrogen (secondary N) is 1. The van der Waals surface area contributed by atoms with Crippen LogP contribution in [-0.2, 0) is 4.74 Å². The van der Waals surface area contributed by atoms with E-state index in [0.29, 0.717) is 18.8 Å². The second kappa shape index (κ2) is 7.32. The number of alkyl halides is 2. The predicted octanol–water partition coefficient (Wildman–Crippen LogP) is 3.80. The smallest absolute Gasteiger partial charge is 0.410 e. The molecule has 0 aromatic carbocycles. The number of carbonyl (C=O) groups is 1. The summed E-state index contributed by atoms with van der Waals surface area (Å²) in [6, 6.07) is 0.220. The number of amides is 1. The summed E-state index contributed by atoms with van der Waals surface area (Å²) in [7, 11) is 0. The fraction of sp³-hybridized carbons (Fsp3) is 0.941. The molecule has 4 nitrogen and oxygen atoms in total. The number of hydrogen-bond acceptors (Lipinski definition) is 3. The van der Waals surface area contributed by atoms with Crippen LogP contribution in [0.4, 0.5) is 13.6 Å². The molecule has 23 heavy (non-hydrogen) atoms. The molecule has 134 valence electrons. The quantitative estimate of drug-likeness (QED) is 0.851. The second-order valence-electron chi connectivity index (χ2n) is 7.95. The average Bonchev–Trinajstić information content (AvgIpc) is 2.88. The highest BCUT2D eigenvalue weighted by atomic mass is 19.3. The van der Waals surface area contributed by atoms with Crippen LogP contribution < -0.4 is 5.32 Å². The molecule has 0 aromatic rings. The maximum absolute atomic E-state index is 13.1. The van der Waals surface area contributed by atoms with Crippen molar-refractivity contribution in [1.29, 1.82) is 0 Å². The van der Waals surface area contributed by atoms with Gasteiger partial charge in [0.05, 0.1) is 0 Å². The Morgan fingerprint density at radius 2 is 1.91 bits per heavy atom. The fourth-order valence-corrected chi connectivity index (χ4v) is 3.30. The van der Waals surface area contributed by atoms with E-state index >= 15 is 0 Å². The van der Waals surface area contributed by atoms with E-state index < -0.39 is 11.5 Å². The zero-order valence-electron chi connectivity index (χ0n) is 14.5. The van der Waals surface area contributed by atoms with Crippen molar-refractivity contribution in [2.24, 2.45) is 5.92 Å². The van der Waals surface area contributed by atoms with Gasteiger partial charge in [-0.1, -0.05) is 0 Å². The van der Waals surface area contributed by atoms with Crippen molar-refractivity contribution in [2.75, 3.05) is 19.6 Å². The standard InChI is InChI=1S/C17H30F2N2O2/c1-16(2,3)23-15(22)21-11-7-13(12-21)6-10-20-14-4-8-17(18,19)9-5-14/h13-14,20H,4-12H2,1-3H3. The Labute approximate surface area is 137 Å². The van der Waals surface area contributed by atoms with E-state index in [1.54, 1.807) is 4.90 Å². The van der Waals surface area contributed by atoms with Gasteiger partial charge in [-0.05, 0) is 58.9 Å². The molecule has 2 rings (SSSR count). The Morgan fingerprint density at radius 1 is 1.26 bits per heavy atom. The van der Waals surface area contributed by atoms with Crippen molar-refractivity contribution < 1.29 is 18.3 Å². The normalized spacial score (nSPS) is 25.6. The van der Waals surface area contributed by atoms with Gasteiger partial charge in [0, 0.05) is 32.0 Å². The summed E-state index contributed by atoms with van der Waals surface area (Å²) in [5, 5.41) is 3.40. The number of rotatable bonds is 4. The molecule has 1 saturated heterocycles. The Morgan fingerprint density at radius 3 is 2.52 bits per heavy atom. The minimum Gasteiger partial charge on any atom is -0.444 e. The number of likely N-dealkylation sites (tertiary alicyclic amines) is 1. The molecule has 1 atom stereocenters. The Kier molecular flexibility index (Phi) is 5.87. The highest BCUT2D eigenvalue weighted by molar-refractivity contribution is 5.68. The van der Waals surface area contributed by atoms with Gasteiger partial charge in [0.15, 0.2) is 0 Å². The van der Waals surface area contributed by atoms with Crippen molar-refractivity contribution in [3.8, 4) is 0 Å². The first-order valence-corrected chi connectivity index (χ1v) is 8.74. The van der Waals surface area contributed by atoms with Crippen molar-refractivity contribution in [1.82, 2.24) is 10.2 Å². The highest BCUT2D eigenvalue weighted by Crippen LogP contribution is 2.33. The van der Waals surface area contributed by atoms with Gasteiger partial charge in [-0.2, -0.15) is 0 Å². The first-order chi connectivity index (χ1) is 10.6. The van der Waals surface area contributed by atoms with Crippen molar-refractivity contribution in [3.05, 3.63) is 0 Å². The molecule has 1 aliphatic heterocycles. The lowest BCUT2D eigenvalue weighted by Crippen LogP contribution is -2.38. The summed E-state index contributed by atoms with van der Waals surface area (Å²) in [5.41, 5.74) is -0.459. The largest absolute Gasteiger partial charge is 0.444 e. The van der Waals surface area contributed by atoms with Gasteiger partial charge in [0.1, 0.15) is 5.60 Å². The topological polar surface area (TPSA) is 41.6 Å². The summed E-state index contributed by atoms with van der Waals surface area (Å²) in [5.74, 6) is -1.99. The third-order valence-corrected chi connectivity index (χ3v) is 4.64. The van der Waals surface area contributed by atoms with Gasteiger partial charge in [-0.3, -0.25) is 0 Å². The first-order valence-electron chi connectivity index (χ1n) is 8.74. The van der Waals surface area contributed by atoms with Gasteiger partial charge < -0.3 is 15.0 Å². The van der Waals surface area contributed by atoms with Crippen LogP contribution in [0.15, 0.2) is 0 Å². The van der Waals surface area contributed by atoms with Gasteiger partial charge in [-0.15, -0.1) is 0 Å². The molecule has 2 aliphatic rings. The molecule has 6 heteroatoms. The molecular weight excluding hydrogens is 302 g/mol. The molecule has 0 bridgehead atoms. The van der Waals surface area contributed by atoms with E-state index in [1.807, 2.05) is 20.8 Å². The molecule has 0 spiro atoms. The van der Waals surface area contributed by atoms with Crippen LogP contribution in [0.25, 0.3) is 0 Å². The van der Waals surface area contributed by atoms with Gasteiger partial charge >= 0.3 is 6.09 Å². The van der Waals surface area contributed by atoms with E-state index in [0.717, 1.165) is 32.5 Å². The molecular formula is C17H30F2N2O2. The molecule has 2 fully saturated rings. The van der Waals surface area contributed by atoms with Gasteiger partial charge in [-0.25, -0.2) is 13.6 Å². The molecule has 1 aliphatic carbocycles. The summed E-state index contributed by atoms with van der Waals surface area (Å²) in [6.45, 7) is 7.93. The van der Waals surface area contributed by atoms with Gasteiger partial charge in [0.25, 0.3) is 0 Å². The SMILES string of the molecule is CC(C)(C)OC(=O)N1CCC(CCNC2CCC(F)(F)CC2)C1. The third-order valence-electron chi connectivity index (χ3n) is 4.64. The Hall–Kier alpha value is -0.910. The Balaban J connectivity index is 1.62. The summed E-state index contributed by atoms with van der Waals surface area (Å²) in [4.78, 5) is 13.8. The molecule has 1 unspecified atom stereocenters. The molecule has 1 heterocycles. The zero-order valence-corrected chi connectivity index (χ0v) is 14.5. The molecule has 0 aromatic heterocycles. The average molecular weight is 332 g/mol. The van der Waals surface area contributed by atoms with Crippen LogP contribution in [0.3, 0.4) is 0 Å². The maximum Gasteiger partial charge on any atom is 0.410 e. The van der Waals surface area contributed by atoms with Gasteiger partial charge in [0.2, 0.25) is 5.92 Å². The number of carbonyl (C=O) groups excluding carboxylic acids is 1. The van der Waals surface area contributed by atoms with E-state index in [2.05, 4.69) is 5.32 Å². The minimum absolute atomic E-state index is 0.000513. The van der Waals surface area contributed by atoms with Crippen LogP contribution in [0.2, 0.25) is 0 Å². The molecule has 1 N–H and O–H groups in total. The van der Waals surface area contributed by atoms with Crippen molar-refractivity contribution in [2.45, 2.75) is 76.9 Å². The lowest BCUT2D eigenvalue weighted by atomic mass is 9.92. The summed E-state index contributed by atoms with van der Waals surface area (Å²) >= 11 is 0. The number of ether oxygens (including phenoxy) is 1. The second-order valence-corrected chi connectivity index (χ2v) is 7.95. The lowest BCUT2D eigenvalue weighted by molar-refractivity contribution is -0.0404. The highest BCUT2D eigenvalue weighted by Gasteiger charge is 2.35. The van der Waals surface area contributed by atoms with Crippen LogP contribution in [-0.4, -0.2) is 48.2 Å². The Bertz CT molecular complexity index is 400. The first kappa shape index (κ1) is 18.4. The fourth-order valence-electron chi connectivity index (χ4n) is 3.30. The van der Waals surface area contributed by atoms with Crippen LogP contribution in [0.5, 0.6) is 0 Å². The summed E-state index contributed by atoms with van der Waals surface area (Å²) < 4.78 is 31.6. The minimum atomic E-state index is -2.46. The van der Waals surface area contributed by atoms with E-state index in [4.69, 9.17) is 4.74 Å². The summed E-state index contributed by atoms with van der Waals surface area (Å²) in [6.07, 6.45) is 2.85. The van der Waals surface area contributed by atoms with Crippen LogP contribution in [0, 0.1) is 5.92 Å². The zero-order chi connectivity index (χ0) is 17.1. The van der Waals surface area contributed by atoms with Crippen LogP contribution >= 0.6 is 0 Å². The van der Waals surface area contributed by atoms with Crippen molar-refractivity contribution in [3.63, 3.8) is 0 Å². The van der Waals surface area contributed by atoms with E-state index in [1.165, 1.54) is 0 Å². The third kappa shape index (κ3) is 6.24. The maximum atomic E-state index is 13.1. The predicted molar refractivity (Wildman–Crippen MR) is 85.7 cm³/mol. The number of nitrogens with zero attached hydrogens (tertiary/aromatic N) is 1. The van der Waals surface area contributed by atoms with E-state index in [9.17, 15) is 13.6 Å².